The monoisotopic (exact) mass is 306 g/mol. The Bertz CT molecular complexity index is 643. The quantitative estimate of drug-likeness (QED) is 0.631. The van der Waals surface area contributed by atoms with Crippen molar-refractivity contribution in [3.8, 4) is 0 Å². The minimum atomic E-state index is -0.504. The maximum Gasteiger partial charge on any atom is 0.293 e. The summed E-state index contributed by atoms with van der Waals surface area (Å²) < 4.78 is 0. The molecule has 2 rings (SSSR count). The standard InChI is InChI=1S/C13H14N4O3S/c1-2-14-12-9(4-3-5-10(12)17(19)20)13(18)16-8-11-15-6-7-21-11/h3-7,14H,2,8H2,1H3,(H,16,18). The highest BCUT2D eigenvalue weighted by Gasteiger charge is 2.20. The summed E-state index contributed by atoms with van der Waals surface area (Å²) in [6, 6.07) is 4.43. The first-order chi connectivity index (χ1) is 10.1. The molecule has 0 fully saturated rings. The lowest BCUT2D eigenvalue weighted by atomic mass is 10.1. The van der Waals surface area contributed by atoms with Crippen molar-refractivity contribution < 1.29 is 9.72 Å². The lowest BCUT2D eigenvalue weighted by Gasteiger charge is -2.10. The Morgan fingerprint density at radius 2 is 2.29 bits per heavy atom. The Morgan fingerprint density at radius 3 is 2.90 bits per heavy atom. The zero-order valence-electron chi connectivity index (χ0n) is 11.3. The third kappa shape index (κ3) is 3.54. The topological polar surface area (TPSA) is 97.2 Å². The van der Waals surface area contributed by atoms with Crippen LogP contribution in [0.25, 0.3) is 0 Å². The van der Waals surface area contributed by atoms with E-state index in [2.05, 4.69) is 15.6 Å². The number of amides is 1. The average molecular weight is 306 g/mol. The maximum atomic E-state index is 12.2. The Morgan fingerprint density at radius 1 is 1.48 bits per heavy atom. The number of anilines is 1. The second-order valence-corrected chi connectivity index (χ2v) is 5.07. The summed E-state index contributed by atoms with van der Waals surface area (Å²) in [5.41, 5.74) is 0.378. The molecule has 0 aliphatic carbocycles. The molecule has 0 aliphatic rings. The van der Waals surface area contributed by atoms with Gasteiger partial charge in [-0.3, -0.25) is 14.9 Å². The molecule has 7 nitrogen and oxygen atoms in total. The predicted octanol–water partition coefficient (Wildman–Crippen LogP) is 2.41. The van der Waals surface area contributed by atoms with Crippen molar-refractivity contribution in [2.24, 2.45) is 0 Å². The van der Waals surface area contributed by atoms with Crippen LogP contribution in [0.2, 0.25) is 0 Å². The number of nitro benzene ring substituents is 1. The van der Waals surface area contributed by atoms with Gasteiger partial charge in [0.1, 0.15) is 10.7 Å². The van der Waals surface area contributed by atoms with E-state index in [1.54, 1.807) is 12.3 Å². The number of thiazole rings is 1. The molecule has 0 spiro atoms. The Kier molecular flexibility index (Phi) is 4.83. The van der Waals surface area contributed by atoms with E-state index in [0.29, 0.717) is 13.1 Å². The molecular weight excluding hydrogens is 292 g/mol. The van der Waals surface area contributed by atoms with Gasteiger partial charge in [-0.05, 0) is 13.0 Å². The second kappa shape index (κ2) is 6.80. The predicted molar refractivity (Wildman–Crippen MR) is 80.5 cm³/mol. The van der Waals surface area contributed by atoms with Gasteiger partial charge in [-0.2, -0.15) is 0 Å². The molecule has 0 aliphatic heterocycles. The van der Waals surface area contributed by atoms with Gasteiger partial charge in [0.05, 0.1) is 17.0 Å². The summed E-state index contributed by atoms with van der Waals surface area (Å²) in [6.45, 7) is 2.59. The van der Waals surface area contributed by atoms with Crippen LogP contribution in [0.5, 0.6) is 0 Å². The zero-order chi connectivity index (χ0) is 15.2. The number of carbonyl (C=O) groups is 1. The summed E-state index contributed by atoms with van der Waals surface area (Å²) in [6.07, 6.45) is 1.66. The molecule has 1 aromatic carbocycles. The van der Waals surface area contributed by atoms with Gasteiger partial charge in [0.15, 0.2) is 0 Å². The first-order valence-corrected chi connectivity index (χ1v) is 7.19. The van der Waals surface area contributed by atoms with Crippen LogP contribution in [-0.2, 0) is 6.54 Å². The van der Waals surface area contributed by atoms with Gasteiger partial charge >= 0.3 is 0 Å². The van der Waals surface area contributed by atoms with Gasteiger partial charge in [0.2, 0.25) is 0 Å². The highest BCUT2D eigenvalue weighted by Crippen LogP contribution is 2.28. The summed E-state index contributed by atoms with van der Waals surface area (Å²) in [7, 11) is 0. The molecule has 0 unspecified atom stereocenters. The molecule has 0 radical (unpaired) electrons. The molecule has 1 heterocycles. The largest absolute Gasteiger partial charge is 0.379 e. The number of benzene rings is 1. The minimum Gasteiger partial charge on any atom is -0.379 e. The van der Waals surface area contributed by atoms with Crippen molar-refractivity contribution in [1.29, 1.82) is 0 Å². The van der Waals surface area contributed by atoms with Crippen molar-refractivity contribution in [2.75, 3.05) is 11.9 Å². The number of nitrogens with one attached hydrogen (secondary N) is 2. The van der Waals surface area contributed by atoms with Gasteiger partial charge in [-0.1, -0.05) is 6.07 Å². The first kappa shape index (κ1) is 14.9. The molecular formula is C13H14N4O3S. The Hall–Kier alpha value is -2.48. The number of hydrogen-bond donors (Lipinski definition) is 2. The molecule has 1 amide bonds. The molecule has 21 heavy (non-hydrogen) atoms. The smallest absolute Gasteiger partial charge is 0.293 e. The van der Waals surface area contributed by atoms with Crippen LogP contribution in [0.4, 0.5) is 11.4 Å². The molecule has 8 heteroatoms. The lowest BCUT2D eigenvalue weighted by Crippen LogP contribution is -2.24. The van der Waals surface area contributed by atoms with Crippen molar-refractivity contribution in [1.82, 2.24) is 10.3 Å². The van der Waals surface area contributed by atoms with Crippen LogP contribution in [0.15, 0.2) is 29.8 Å². The fourth-order valence-corrected chi connectivity index (χ4v) is 2.39. The van der Waals surface area contributed by atoms with Crippen molar-refractivity contribution in [2.45, 2.75) is 13.5 Å². The van der Waals surface area contributed by atoms with Crippen LogP contribution in [0, 0.1) is 10.1 Å². The number of nitrogens with zero attached hydrogens (tertiary/aromatic N) is 2. The van der Waals surface area contributed by atoms with Gasteiger partial charge in [0.25, 0.3) is 11.6 Å². The van der Waals surface area contributed by atoms with Crippen LogP contribution in [0.3, 0.4) is 0 Å². The molecule has 2 N–H and O–H groups in total. The summed E-state index contributed by atoms with van der Waals surface area (Å²) >= 11 is 1.43. The third-order valence-corrected chi connectivity index (χ3v) is 3.50. The number of para-hydroxylation sites is 1. The number of nitro groups is 1. The van der Waals surface area contributed by atoms with Gasteiger partial charge < -0.3 is 10.6 Å². The van der Waals surface area contributed by atoms with Crippen LogP contribution in [0.1, 0.15) is 22.3 Å². The molecule has 2 aromatic rings. The number of carbonyl (C=O) groups excluding carboxylic acids is 1. The fraction of sp³-hybridized carbons (Fsp3) is 0.231. The lowest BCUT2D eigenvalue weighted by molar-refractivity contribution is -0.384. The van der Waals surface area contributed by atoms with Crippen LogP contribution >= 0.6 is 11.3 Å². The van der Waals surface area contributed by atoms with Crippen molar-refractivity contribution >= 4 is 28.6 Å². The highest BCUT2D eigenvalue weighted by molar-refractivity contribution is 7.09. The van der Waals surface area contributed by atoms with E-state index in [1.807, 2.05) is 12.3 Å². The number of rotatable bonds is 6. The molecule has 0 bridgehead atoms. The van der Waals surface area contributed by atoms with E-state index in [1.165, 1.54) is 23.5 Å². The number of aromatic nitrogens is 1. The van der Waals surface area contributed by atoms with Crippen molar-refractivity contribution in [3.05, 3.63) is 50.5 Å². The van der Waals surface area contributed by atoms with E-state index < -0.39 is 4.92 Å². The maximum absolute atomic E-state index is 12.2. The zero-order valence-corrected chi connectivity index (χ0v) is 12.1. The molecule has 0 saturated heterocycles. The van der Waals surface area contributed by atoms with Crippen molar-refractivity contribution in [3.63, 3.8) is 0 Å². The summed E-state index contributed by atoms with van der Waals surface area (Å²) in [5.74, 6) is -0.371. The van der Waals surface area contributed by atoms with Crippen LogP contribution in [-0.4, -0.2) is 22.4 Å². The van der Waals surface area contributed by atoms with Gasteiger partial charge in [-0.15, -0.1) is 11.3 Å². The molecule has 0 atom stereocenters. The molecule has 0 saturated carbocycles. The van der Waals surface area contributed by atoms with E-state index in [9.17, 15) is 14.9 Å². The summed E-state index contributed by atoms with van der Waals surface area (Å²) in [4.78, 5) is 26.8. The SMILES string of the molecule is CCNc1c(C(=O)NCc2nccs2)cccc1[N+](=O)[O-]. The van der Waals surface area contributed by atoms with E-state index in [0.717, 1.165) is 5.01 Å². The van der Waals surface area contributed by atoms with E-state index >= 15 is 0 Å². The number of hydrogen-bond acceptors (Lipinski definition) is 6. The third-order valence-electron chi connectivity index (χ3n) is 2.72. The minimum absolute atomic E-state index is 0.112. The fourth-order valence-electron chi connectivity index (χ4n) is 1.84. The average Bonchev–Trinajstić information content (AvgIpc) is 2.98. The second-order valence-electron chi connectivity index (χ2n) is 4.10. The first-order valence-electron chi connectivity index (χ1n) is 6.31. The molecule has 110 valence electrons. The van der Waals surface area contributed by atoms with Gasteiger partial charge in [0, 0.05) is 24.2 Å². The van der Waals surface area contributed by atoms with Crippen LogP contribution < -0.4 is 10.6 Å². The van der Waals surface area contributed by atoms with E-state index in [4.69, 9.17) is 0 Å². The Balaban J connectivity index is 2.23. The molecule has 1 aromatic heterocycles. The Labute approximate surface area is 125 Å². The highest BCUT2D eigenvalue weighted by atomic mass is 32.1. The van der Waals surface area contributed by atoms with E-state index in [-0.39, 0.29) is 22.8 Å². The summed E-state index contributed by atoms with van der Waals surface area (Å²) in [5, 5.41) is 19.2. The van der Waals surface area contributed by atoms with Gasteiger partial charge in [-0.25, -0.2) is 4.98 Å². The normalized spacial score (nSPS) is 10.1.